The molecule has 4 unspecified atom stereocenters. The van der Waals surface area contributed by atoms with Crippen LogP contribution in [0.5, 0.6) is 5.75 Å². The normalized spacial score (nSPS) is 31.0. The summed E-state index contributed by atoms with van der Waals surface area (Å²) in [5.41, 5.74) is -2.29. The lowest BCUT2D eigenvalue weighted by molar-refractivity contribution is -0.197. The summed E-state index contributed by atoms with van der Waals surface area (Å²) in [7, 11) is 1.10. The summed E-state index contributed by atoms with van der Waals surface area (Å²) < 4.78 is 72.2. The summed E-state index contributed by atoms with van der Waals surface area (Å²) >= 11 is 0. The van der Waals surface area contributed by atoms with E-state index in [1.54, 1.807) is 6.07 Å². The Morgan fingerprint density at radius 3 is 2.39 bits per heavy atom. The third-order valence-electron chi connectivity index (χ3n) is 4.64. The van der Waals surface area contributed by atoms with Gasteiger partial charge in [-0.1, -0.05) is 13.0 Å². The minimum Gasteiger partial charge on any atom is -0.493 e. The molecular formula is C15H15F5N2O. The van der Waals surface area contributed by atoms with Gasteiger partial charge in [0.1, 0.15) is 11.6 Å². The number of hydrogen-bond donors (Lipinski definition) is 1. The zero-order chi connectivity index (χ0) is 17.6. The summed E-state index contributed by atoms with van der Waals surface area (Å²) in [4.78, 5) is 0. The first kappa shape index (κ1) is 17.5. The summed E-state index contributed by atoms with van der Waals surface area (Å²) in [6.07, 6.45) is -4.61. The van der Waals surface area contributed by atoms with E-state index in [0.29, 0.717) is 0 Å². The second kappa shape index (κ2) is 5.64. The molecule has 1 saturated heterocycles. The lowest BCUT2D eigenvalue weighted by atomic mass is 9.77. The van der Waals surface area contributed by atoms with Gasteiger partial charge >= 0.3 is 6.18 Å². The van der Waals surface area contributed by atoms with Gasteiger partial charge in [-0.3, -0.25) is 5.32 Å². The quantitative estimate of drug-likeness (QED) is 0.842. The predicted octanol–water partition coefficient (Wildman–Crippen LogP) is 3.51. The summed E-state index contributed by atoms with van der Waals surface area (Å²) in [6.45, 7) is 2.28. The van der Waals surface area contributed by atoms with Gasteiger partial charge in [-0.25, -0.2) is 4.39 Å². The first-order valence-corrected chi connectivity index (χ1v) is 6.84. The van der Waals surface area contributed by atoms with E-state index in [4.69, 9.17) is 4.74 Å². The van der Waals surface area contributed by atoms with Gasteiger partial charge < -0.3 is 4.74 Å². The molecule has 1 heterocycles. The molecule has 1 fully saturated rings. The van der Waals surface area contributed by atoms with Gasteiger partial charge in [-0.15, -0.1) is 0 Å². The van der Waals surface area contributed by atoms with Crippen molar-refractivity contribution in [1.82, 2.24) is 5.32 Å². The van der Waals surface area contributed by atoms with E-state index in [0.717, 1.165) is 26.2 Å². The predicted molar refractivity (Wildman–Crippen MR) is 71.8 cm³/mol. The lowest BCUT2D eigenvalue weighted by Crippen LogP contribution is -2.55. The first-order chi connectivity index (χ1) is 10.6. The number of rotatable bonds is 2. The summed E-state index contributed by atoms with van der Waals surface area (Å²) in [6, 6.07) is 2.54. The van der Waals surface area contributed by atoms with Crippen molar-refractivity contribution in [3.05, 3.63) is 29.3 Å². The topological polar surface area (TPSA) is 45.0 Å². The van der Waals surface area contributed by atoms with Crippen LogP contribution in [-0.4, -0.2) is 24.9 Å². The zero-order valence-corrected chi connectivity index (χ0v) is 12.6. The maximum absolute atomic E-state index is 13.9. The van der Waals surface area contributed by atoms with E-state index >= 15 is 0 Å². The van der Waals surface area contributed by atoms with Crippen molar-refractivity contribution < 1.29 is 26.7 Å². The molecular weight excluding hydrogens is 319 g/mol. The van der Waals surface area contributed by atoms with E-state index in [1.165, 1.54) is 6.92 Å². The van der Waals surface area contributed by atoms with Crippen molar-refractivity contribution in [2.45, 2.75) is 37.5 Å². The van der Waals surface area contributed by atoms with Gasteiger partial charge in [0, 0.05) is 11.5 Å². The Morgan fingerprint density at radius 2 is 1.91 bits per heavy atom. The van der Waals surface area contributed by atoms with Crippen LogP contribution in [-0.2, 0) is 0 Å². The van der Waals surface area contributed by atoms with E-state index in [2.05, 4.69) is 5.32 Å². The average molecular weight is 334 g/mol. The van der Waals surface area contributed by atoms with E-state index in [-0.39, 0.29) is 5.56 Å². The number of benzene rings is 1. The third-order valence-corrected chi connectivity index (χ3v) is 4.64. The van der Waals surface area contributed by atoms with Crippen molar-refractivity contribution in [2.24, 2.45) is 5.92 Å². The first-order valence-electron chi connectivity index (χ1n) is 6.84. The molecule has 4 atom stereocenters. The van der Waals surface area contributed by atoms with Gasteiger partial charge in [0.05, 0.1) is 13.2 Å². The second-order valence-electron chi connectivity index (χ2n) is 5.75. The number of hydrogen-bond acceptors (Lipinski definition) is 3. The van der Waals surface area contributed by atoms with Crippen LogP contribution < -0.4 is 10.1 Å². The monoisotopic (exact) mass is 334 g/mol. The van der Waals surface area contributed by atoms with Crippen LogP contribution in [0.1, 0.15) is 25.3 Å². The molecule has 0 spiro atoms. The second-order valence-corrected chi connectivity index (χ2v) is 5.75. The van der Waals surface area contributed by atoms with Crippen LogP contribution in [0.15, 0.2) is 12.1 Å². The van der Waals surface area contributed by atoms with Gasteiger partial charge in [0.2, 0.25) is 5.82 Å². The van der Waals surface area contributed by atoms with Crippen LogP contribution in [0.25, 0.3) is 0 Å². The largest absolute Gasteiger partial charge is 0.493 e. The zero-order valence-electron chi connectivity index (χ0n) is 12.6. The fourth-order valence-electron chi connectivity index (χ4n) is 3.11. The molecule has 0 saturated carbocycles. The number of ether oxygens (including phenoxy) is 1. The molecule has 1 aromatic carbocycles. The molecule has 0 aromatic heterocycles. The average Bonchev–Trinajstić information content (AvgIpc) is 2.74. The Bertz CT molecular complexity index is 654. The van der Waals surface area contributed by atoms with Crippen LogP contribution >= 0.6 is 0 Å². The molecule has 1 aliphatic rings. The molecule has 1 N–H and O–H groups in total. The smallest absolute Gasteiger partial charge is 0.406 e. The highest BCUT2D eigenvalue weighted by Crippen LogP contribution is 2.50. The van der Waals surface area contributed by atoms with Crippen molar-refractivity contribution in [3.63, 3.8) is 0 Å². The number of nitrogens with zero attached hydrogens (tertiary/aromatic N) is 1. The number of alkyl halides is 3. The summed E-state index contributed by atoms with van der Waals surface area (Å²) in [5.74, 6) is -5.02. The number of methoxy groups -OCH3 is 1. The molecule has 0 amide bonds. The Balaban J connectivity index is 2.60. The molecule has 126 valence electrons. The van der Waals surface area contributed by atoms with Crippen LogP contribution in [0.3, 0.4) is 0 Å². The highest BCUT2D eigenvalue weighted by atomic mass is 19.4. The van der Waals surface area contributed by atoms with Crippen molar-refractivity contribution in [2.75, 3.05) is 7.11 Å². The maximum atomic E-state index is 13.9. The fourth-order valence-corrected chi connectivity index (χ4v) is 3.11. The van der Waals surface area contributed by atoms with Crippen LogP contribution in [0.4, 0.5) is 22.0 Å². The molecule has 3 nitrogen and oxygen atoms in total. The molecule has 0 bridgehead atoms. The molecule has 0 radical (unpaired) electrons. The minimum absolute atomic E-state index is 0.0333. The van der Waals surface area contributed by atoms with Gasteiger partial charge in [0.15, 0.2) is 11.6 Å². The van der Waals surface area contributed by atoms with E-state index in [9.17, 15) is 27.2 Å². The molecule has 8 heteroatoms. The SMILES string of the molecule is COc1c(C2C(C#N)NC(C)(C(F)(F)F)C2C)ccc(F)c1F. The highest BCUT2D eigenvalue weighted by Gasteiger charge is 2.63. The Labute approximate surface area is 130 Å². The molecule has 23 heavy (non-hydrogen) atoms. The Morgan fingerprint density at radius 1 is 1.30 bits per heavy atom. The molecule has 1 aliphatic heterocycles. The van der Waals surface area contributed by atoms with Crippen molar-refractivity contribution >= 4 is 0 Å². The van der Waals surface area contributed by atoms with Crippen molar-refractivity contribution in [1.29, 1.82) is 5.26 Å². The third kappa shape index (κ3) is 2.53. The van der Waals surface area contributed by atoms with E-state index < -0.39 is 47.0 Å². The standard InChI is InChI=1S/C15H15F5N2O/c1-7-11(8-4-5-9(16)12(17)13(8)23-3)10(6-21)22-14(7,2)15(18,19)20/h4-5,7,10-11,22H,1-3H3. The minimum atomic E-state index is -4.61. The van der Waals surface area contributed by atoms with E-state index in [1.807, 2.05) is 0 Å². The van der Waals surface area contributed by atoms with Gasteiger partial charge in [-0.2, -0.15) is 22.8 Å². The lowest BCUT2D eigenvalue weighted by Gasteiger charge is -2.33. The Kier molecular flexibility index (Phi) is 4.28. The van der Waals surface area contributed by atoms with Crippen LogP contribution in [0.2, 0.25) is 0 Å². The van der Waals surface area contributed by atoms with Crippen LogP contribution in [0, 0.1) is 28.9 Å². The molecule has 2 rings (SSSR count). The number of halogens is 5. The molecule has 1 aromatic rings. The summed E-state index contributed by atoms with van der Waals surface area (Å²) in [5, 5.41) is 11.5. The van der Waals surface area contributed by atoms with Crippen molar-refractivity contribution in [3.8, 4) is 11.8 Å². The Hall–Kier alpha value is -1.88. The fraction of sp³-hybridized carbons (Fsp3) is 0.533. The number of nitrogens with one attached hydrogen (secondary N) is 1. The highest BCUT2D eigenvalue weighted by molar-refractivity contribution is 5.42. The van der Waals surface area contributed by atoms with Gasteiger partial charge in [0.25, 0.3) is 0 Å². The van der Waals surface area contributed by atoms with Gasteiger partial charge in [-0.05, 0) is 18.9 Å². The maximum Gasteiger partial charge on any atom is 0.406 e. The number of nitriles is 1. The molecule has 0 aliphatic carbocycles.